The monoisotopic (exact) mass is 185 g/mol. The molecular formula is C7H14ClF2N. The molecule has 0 aromatic rings. The van der Waals surface area contributed by atoms with E-state index in [0.717, 1.165) is 0 Å². The fourth-order valence-corrected chi connectivity index (χ4v) is 1.13. The van der Waals surface area contributed by atoms with E-state index in [0.29, 0.717) is 6.42 Å². The minimum Gasteiger partial charge on any atom is -0.309 e. The van der Waals surface area contributed by atoms with Gasteiger partial charge in [0.25, 0.3) is 6.43 Å². The number of halogens is 3. The van der Waals surface area contributed by atoms with Crippen LogP contribution in [-0.4, -0.2) is 24.4 Å². The smallest absolute Gasteiger partial charge is 0.250 e. The Morgan fingerprint density at radius 2 is 1.91 bits per heavy atom. The molecule has 11 heavy (non-hydrogen) atoms. The van der Waals surface area contributed by atoms with E-state index in [9.17, 15) is 8.78 Å². The van der Waals surface area contributed by atoms with Crippen LogP contribution in [0.3, 0.4) is 0 Å². The zero-order valence-electron chi connectivity index (χ0n) is 6.78. The molecule has 0 heterocycles. The van der Waals surface area contributed by atoms with Crippen LogP contribution in [0.5, 0.6) is 0 Å². The van der Waals surface area contributed by atoms with Gasteiger partial charge in [0.15, 0.2) is 0 Å². The second-order valence-electron chi connectivity index (χ2n) is 2.72. The first-order valence-corrected chi connectivity index (χ1v) is 4.11. The summed E-state index contributed by atoms with van der Waals surface area (Å²) in [7, 11) is 0. The summed E-state index contributed by atoms with van der Waals surface area (Å²) in [5.41, 5.74) is 0. The van der Waals surface area contributed by atoms with Crippen LogP contribution in [0.25, 0.3) is 0 Å². The molecule has 1 nitrogen and oxygen atoms in total. The maximum absolute atomic E-state index is 11.6. The molecular weight excluding hydrogens is 172 g/mol. The molecule has 0 saturated carbocycles. The van der Waals surface area contributed by atoms with E-state index in [-0.39, 0.29) is 18.0 Å². The Hall–Kier alpha value is 0.110. The minimum absolute atomic E-state index is 0.0372. The van der Waals surface area contributed by atoms with Gasteiger partial charge in [-0.1, -0.05) is 0 Å². The Morgan fingerprint density at radius 1 is 1.36 bits per heavy atom. The highest BCUT2D eigenvalue weighted by Crippen LogP contribution is 2.04. The van der Waals surface area contributed by atoms with Gasteiger partial charge >= 0.3 is 0 Å². The van der Waals surface area contributed by atoms with Crippen molar-refractivity contribution in [1.82, 2.24) is 5.32 Å². The van der Waals surface area contributed by atoms with Crippen LogP contribution in [0.4, 0.5) is 8.78 Å². The molecule has 0 aliphatic carbocycles. The lowest BCUT2D eigenvalue weighted by molar-refractivity contribution is 0.141. The number of nitrogens with one attached hydrogen (secondary N) is 1. The van der Waals surface area contributed by atoms with Crippen LogP contribution in [0.15, 0.2) is 0 Å². The zero-order valence-corrected chi connectivity index (χ0v) is 7.54. The lowest BCUT2D eigenvalue weighted by Gasteiger charge is -2.13. The van der Waals surface area contributed by atoms with Crippen molar-refractivity contribution in [2.75, 3.05) is 6.54 Å². The van der Waals surface area contributed by atoms with Crippen molar-refractivity contribution in [3.8, 4) is 0 Å². The van der Waals surface area contributed by atoms with E-state index in [1.807, 2.05) is 13.8 Å². The molecule has 0 aliphatic heterocycles. The first-order chi connectivity index (χ1) is 5.02. The highest BCUT2D eigenvalue weighted by Gasteiger charge is 2.08. The summed E-state index contributed by atoms with van der Waals surface area (Å²) in [5, 5.41) is 2.72. The molecule has 0 aromatic heterocycles. The topological polar surface area (TPSA) is 12.0 Å². The van der Waals surface area contributed by atoms with Crippen LogP contribution in [0.2, 0.25) is 0 Å². The normalized spacial score (nSPS) is 16.9. The van der Waals surface area contributed by atoms with Gasteiger partial charge in [-0.2, -0.15) is 0 Å². The van der Waals surface area contributed by atoms with Crippen LogP contribution >= 0.6 is 11.6 Å². The first-order valence-electron chi connectivity index (χ1n) is 3.68. The van der Waals surface area contributed by atoms with Gasteiger partial charge in [-0.25, -0.2) is 8.78 Å². The molecule has 68 valence electrons. The van der Waals surface area contributed by atoms with Crippen molar-refractivity contribution < 1.29 is 8.78 Å². The molecule has 4 heteroatoms. The minimum atomic E-state index is -2.27. The maximum atomic E-state index is 11.6. The standard InChI is InChI=1S/C7H14ClF2N/c1-5(8)3-6(2)11-4-7(9)10/h5-7,11H,3-4H2,1-2H3. The van der Waals surface area contributed by atoms with Gasteiger partial charge in [-0.3, -0.25) is 0 Å². The molecule has 0 amide bonds. The molecule has 0 radical (unpaired) electrons. The molecule has 0 aliphatic rings. The van der Waals surface area contributed by atoms with E-state index in [1.165, 1.54) is 0 Å². The van der Waals surface area contributed by atoms with Gasteiger partial charge < -0.3 is 5.32 Å². The van der Waals surface area contributed by atoms with Crippen LogP contribution < -0.4 is 5.32 Å². The summed E-state index contributed by atoms with van der Waals surface area (Å²) >= 11 is 5.66. The quantitative estimate of drug-likeness (QED) is 0.648. The average Bonchev–Trinajstić information content (AvgIpc) is 1.82. The van der Waals surface area contributed by atoms with Crippen LogP contribution in [0, 0.1) is 0 Å². The van der Waals surface area contributed by atoms with Crippen molar-refractivity contribution in [2.24, 2.45) is 0 Å². The first kappa shape index (κ1) is 11.1. The average molecular weight is 186 g/mol. The Bertz CT molecular complexity index is 98.4. The van der Waals surface area contributed by atoms with E-state index < -0.39 is 6.43 Å². The van der Waals surface area contributed by atoms with Crippen molar-refractivity contribution in [3.05, 3.63) is 0 Å². The van der Waals surface area contributed by atoms with Gasteiger partial charge in [-0.05, 0) is 20.3 Å². The molecule has 0 bridgehead atoms. The molecule has 2 atom stereocenters. The van der Waals surface area contributed by atoms with E-state index in [1.54, 1.807) is 0 Å². The molecule has 0 aromatic carbocycles. The fraction of sp³-hybridized carbons (Fsp3) is 1.00. The number of hydrogen-bond acceptors (Lipinski definition) is 1. The Labute approximate surface area is 71.1 Å². The summed E-state index contributed by atoms with van der Waals surface area (Å²) < 4.78 is 23.3. The lowest BCUT2D eigenvalue weighted by atomic mass is 10.2. The second kappa shape index (κ2) is 5.72. The van der Waals surface area contributed by atoms with Crippen LogP contribution in [-0.2, 0) is 0 Å². The fourth-order valence-electron chi connectivity index (χ4n) is 0.861. The molecule has 1 N–H and O–H groups in total. The summed E-state index contributed by atoms with van der Waals surface area (Å²) in [6.07, 6.45) is -1.56. The van der Waals surface area contributed by atoms with Crippen LogP contribution in [0.1, 0.15) is 20.3 Å². The third kappa shape index (κ3) is 8.01. The summed E-state index contributed by atoms with van der Waals surface area (Å²) in [4.78, 5) is 0. The van der Waals surface area contributed by atoms with Gasteiger partial charge in [0.2, 0.25) is 0 Å². The van der Waals surface area contributed by atoms with Gasteiger partial charge in [0, 0.05) is 11.4 Å². The maximum Gasteiger partial charge on any atom is 0.250 e. The number of alkyl halides is 3. The number of hydrogen-bond donors (Lipinski definition) is 1. The van der Waals surface area contributed by atoms with E-state index in [4.69, 9.17) is 11.6 Å². The molecule has 0 fully saturated rings. The predicted molar refractivity (Wildman–Crippen MR) is 43.4 cm³/mol. The summed E-state index contributed by atoms with van der Waals surface area (Å²) in [6.45, 7) is 3.45. The van der Waals surface area contributed by atoms with Crippen molar-refractivity contribution in [2.45, 2.75) is 38.1 Å². The summed E-state index contributed by atoms with van der Waals surface area (Å²) in [6, 6.07) is 0.0662. The van der Waals surface area contributed by atoms with Crippen molar-refractivity contribution >= 4 is 11.6 Å². The van der Waals surface area contributed by atoms with E-state index >= 15 is 0 Å². The third-order valence-electron chi connectivity index (χ3n) is 1.30. The third-order valence-corrected chi connectivity index (χ3v) is 1.48. The van der Waals surface area contributed by atoms with Crippen molar-refractivity contribution in [1.29, 1.82) is 0 Å². The molecule has 0 saturated heterocycles. The lowest BCUT2D eigenvalue weighted by Crippen LogP contribution is -2.32. The van der Waals surface area contributed by atoms with E-state index in [2.05, 4.69) is 5.32 Å². The van der Waals surface area contributed by atoms with Gasteiger partial charge in [0.05, 0.1) is 6.54 Å². The largest absolute Gasteiger partial charge is 0.309 e. The molecule has 0 rings (SSSR count). The Balaban J connectivity index is 3.29. The SMILES string of the molecule is CC(Cl)CC(C)NCC(F)F. The van der Waals surface area contributed by atoms with Crippen molar-refractivity contribution in [3.63, 3.8) is 0 Å². The second-order valence-corrected chi connectivity index (χ2v) is 3.46. The Kier molecular flexibility index (Phi) is 5.78. The highest BCUT2D eigenvalue weighted by atomic mass is 35.5. The zero-order chi connectivity index (χ0) is 8.85. The molecule has 0 spiro atoms. The van der Waals surface area contributed by atoms with Gasteiger partial charge in [0.1, 0.15) is 0 Å². The number of rotatable bonds is 5. The van der Waals surface area contributed by atoms with Gasteiger partial charge in [-0.15, -0.1) is 11.6 Å². The summed E-state index contributed by atoms with van der Waals surface area (Å²) in [5.74, 6) is 0. The predicted octanol–water partition coefficient (Wildman–Crippen LogP) is 2.25. The Morgan fingerprint density at radius 3 is 2.27 bits per heavy atom. The molecule has 2 unspecified atom stereocenters. The highest BCUT2D eigenvalue weighted by molar-refractivity contribution is 6.20.